The predicted molar refractivity (Wildman–Crippen MR) is 85.1 cm³/mol. The molecule has 23 heavy (non-hydrogen) atoms. The molecule has 2 aromatic carbocycles. The van der Waals surface area contributed by atoms with E-state index < -0.39 is 6.04 Å². The van der Waals surface area contributed by atoms with Crippen LogP contribution in [-0.2, 0) is 0 Å². The van der Waals surface area contributed by atoms with Crippen molar-refractivity contribution in [2.24, 2.45) is 5.18 Å². The van der Waals surface area contributed by atoms with E-state index in [-0.39, 0.29) is 13.2 Å². The van der Waals surface area contributed by atoms with Crippen molar-refractivity contribution in [3.8, 4) is 17.2 Å². The standard InChI is InChI=1S/C17H17NO5/c1-12(18-21)16-7-2-13(11-20)10-17(16)23-15-5-3-14(4-6-15)22-9-8-19/h2-7,10-12,19H,8-9H2,1H3. The third kappa shape index (κ3) is 4.37. The van der Waals surface area contributed by atoms with Crippen molar-refractivity contribution < 1.29 is 19.4 Å². The molecule has 1 atom stereocenters. The van der Waals surface area contributed by atoms with Gasteiger partial charge in [0.25, 0.3) is 0 Å². The van der Waals surface area contributed by atoms with Crippen molar-refractivity contribution in [3.63, 3.8) is 0 Å². The molecule has 0 saturated heterocycles. The van der Waals surface area contributed by atoms with Crippen molar-refractivity contribution in [1.29, 1.82) is 0 Å². The molecule has 2 rings (SSSR count). The quantitative estimate of drug-likeness (QED) is 0.595. The minimum absolute atomic E-state index is 0.0588. The van der Waals surface area contributed by atoms with Crippen LogP contribution in [0.15, 0.2) is 47.6 Å². The highest BCUT2D eigenvalue weighted by molar-refractivity contribution is 5.76. The van der Waals surface area contributed by atoms with E-state index >= 15 is 0 Å². The average Bonchev–Trinajstić information content (AvgIpc) is 2.60. The van der Waals surface area contributed by atoms with Gasteiger partial charge in [-0.1, -0.05) is 17.3 Å². The van der Waals surface area contributed by atoms with E-state index in [1.54, 1.807) is 49.4 Å². The van der Waals surface area contributed by atoms with Crippen molar-refractivity contribution in [1.82, 2.24) is 0 Å². The highest BCUT2D eigenvalue weighted by atomic mass is 16.5. The number of nitrogens with zero attached hydrogens (tertiary/aromatic N) is 1. The Labute approximate surface area is 133 Å². The fourth-order valence-corrected chi connectivity index (χ4v) is 2.01. The number of aldehydes is 1. The summed E-state index contributed by atoms with van der Waals surface area (Å²) in [6, 6.07) is 11.1. The molecule has 1 N–H and O–H groups in total. The average molecular weight is 315 g/mol. The van der Waals surface area contributed by atoms with E-state index in [0.29, 0.717) is 34.7 Å². The van der Waals surface area contributed by atoms with Gasteiger partial charge in [-0.25, -0.2) is 0 Å². The van der Waals surface area contributed by atoms with Gasteiger partial charge < -0.3 is 14.6 Å². The van der Waals surface area contributed by atoms with Crippen LogP contribution in [0.4, 0.5) is 0 Å². The zero-order valence-corrected chi connectivity index (χ0v) is 12.6. The lowest BCUT2D eigenvalue weighted by Crippen LogP contribution is -2.01. The largest absolute Gasteiger partial charge is 0.491 e. The molecule has 6 heteroatoms. The Bertz CT molecular complexity index is 669. The second-order valence-corrected chi connectivity index (χ2v) is 4.84. The third-order valence-corrected chi connectivity index (χ3v) is 3.19. The number of aliphatic hydroxyl groups excluding tert-OH is 1. The molecule has 0 aliphatic carbocycles. The fraction of sp³-hybridized carbons (Fsp3) is 0.235. The van der Waals surface area contributed by atoms with Crippen LogP contribution in [0.25, 0.3) is 0 Å². The Morgan fingerprint density at radius 2 is 1.87 bits per heavy atom. The first-order valence-corrected chi connectivity index (χ1v) is 7.11. The summed E-state index contributed by atoms with van der Waals surface area (Å²) in [5.74, 6) is 1.55. The maximum atomic E-state index is 10.9. The second-order valence-electron chi connectivity index (χ2n) is 4.84. The second kappa shape index (κ2) is 8.05. The number of benzene rings is 2. The number of aliphatic hydroxyl groups is 1. The predicted octanol–water partition coefficient (Wildman–Crippen LogP) is 3.49. The van der Waals surface area contributed by atoms with Gasteiger partial charge in [-0.2, -0.15) is 4.91 Å². The van der Waals surface area contributed by atoms with Crippen molar-refractivity contribution in [2.45, 2.75) is 13.0 Å². The first-order chi connectivity index (χ1) is 11.2. The number of rotatable bonds is 8. The molecule has 120 valence electrons. The fourth-order valence-electron chi connectivity index (χ4n) is 2.01. The molecule has 0 heterocycles. The molecule has 0 saturated carbocycles. The molecule has 0 radical (unpaired) electrons. The summed E-state index contributed by atoms with van der Waals surface area (Å²) in [7, 11) is 0. The van der Waals surface area contributed by atoms with Crippen LogP contribution in [0.2, 0.25) is 0 Å². The van der Waals surface area contributed by atoms with Crippen LogP contribution in [-0.4, -0.2) is 24.6 Å². The number of hydrogen-bond acceptors (Lipinski definition) is 6. The van der Waals surface area contributed by atoms with Crippen LogP contribution in [0, 0.1) is 4.91 Å². The Balaban J connectivity index is 2.23. The normalized spacial score (nSPS) is 11.6. The van der Waals surface area contributed by atoms with Gasteiger partial charge in [0.05, 0.1) is 6.61 Å². The number of carbonyl (C=O) groups is 1. The molecule has 0 amide bonds. The lowest BCUT2D eigenvalue weighted by molar-refractivity contribution is 0.112. The van der Waals surface area contributed by atoms with Crippen molar-refractivity contribution in [3.05, 3.63) is 58.5 Å². The van der Waals surface area contributed by atoms with Crippen LogP contribution in [0.1, 0.15) is 28.9 Å². The molecule has 0 bridgehead atoms. The Hall–Kier alpha value is -2.73. The summed E-state index contributed by atoms with van der Waals surface area (Å²) >= 11 is 0. The van der Waals surface area contributed by atoms with E-state index in [0.717, 1.165) is 0 Å². The minimum atomic E-state index is -0.585. The van der Waals surface area contributed by atoms with Crippen LogP contribution in [0.5, 0.6) is 17.2 Å². The van der Waals surface area contributed by atoms with E-state index in [9.17, 15) is 9.70 Å². The van der Waals surface area contributed by atoms with Crippen molar-refractivity contribution >= 4 is 6.29 Å². The maximum absolute atomic E-state index is 10.9. The lowest BCUT2D eigenvalue weighted by Gasteiger charge is -2.13. The van der Waals surface area contributed by atoms with Crippen LogP contribution < -0.4 is 9.47 Å². The van der Waals surface area contributed by atoms with Crippen molar-refractivity contribution in [2.75, 3.05) is 13.2 Å². The third-order valence-electron chi connectivity index (χ3n) is 3.19. The van der Waals surface area contributed by atoms with Gasteiger partial charge >= 0.3 is 0 Å². The number of hydrogen-bond donors (Lipinski definition) is 1. The molecular weight excluding hydrogens is 298 g/mol. The van der Waals surface area contributed by atoms with Gasteiger partial charge in [0.15, 0.2) is 0 Å². The van der Waals surface area contributed by atoms with Gasteiger partial charge in [0, 0.05) is 11.1 Å². The van der Waals surface area contributed by atoms with Gasteiger partial charge in [0.1, 0.15) is 36.2 Å². The van der Waals surface area contributed by atoms with E-state index in [4.69, 9.17) is 14.6 Å². The summed E-state index contributed by atoms with van der Waals surface area (Å²) in [6.45, 7) is 1.81. The Morgan fingerprint density at radius 3 is 2.48 bits per heavy atom. The molecule has 2 aromatic rings. The topological polar surface area (TPSA) is 85.2 Å². The van der Waals surface area contributed by atoms with Gasteiger partial charge in [0.2, 0.25) is 0 Å². The highest BCUT2D eigenvalue weighted by Crippen LogP contribution is 2.32. The molecule has 0 aliphatic heterocycles. The Morgan fingerprint density at radius 1 is 1.17 bits per heavy atom. The summed E-state index contributed by atoms with van der Waals surface area (Å²) < 4.78 is 11.0. The van der Waals surface area contributed by atoms with Crippen LogP contribution >= 0.6 is 0 Å². The number of ether oxygens (including phenoxy) is 2. The van der Waals surface area contributed by atoms with E-state index in [1.165, 1.54) is 0 Å². The van der Waals surface area contributed by atoms with E-state index in [1.807, 2.05) is 0 Å². The van der Waals surface area contributed by atoms with Crippen LogP contribution in [0.3, 0.4) is 0 Å². The smallest absolute Gasteiger partial charge is 0.150 e. The number of carbonyl (C=O) groups excluding carboxylic acids is 1. The molecule has 6 nitrogen and oxygen atoms in total. The first-order valence-electron chi connectivity index (χ1n) is 7.11. The molecule has 1 unspecified atom stereocenters. The van der Waals surface area contributed by atoms with Gasteiger partial charge in [-0.3, -0.25) is 4.79 Å². The molecule has 0 spiro atoms. The Kier molecular flexibility index (Phi) is 5.82. The molecule has 0 aromatic heterocycles. The lowest BCUT2D eigenvalue weighted by atomic mass is 10.1. The maximum Gasteiger partial charge on any atom is 0.150 e. The zero-order chi connectivity index (χ0) is 16.7. The minimum Gasteiger partial charge on any atom is -0.491 e. The van der Waals surface area contributed by atoms with E-state index in [2.05, 4.69) is 5.18 Å². The summed E-state index contributed by atoms with van der Waals surface area (Å²) in [4.78, 5) is 21.7. The zero-order valence-electron chi connectivity index (χ0n) is 12.6. The highest BCUT2D eigenvalue weighted by Gasteiger charge is 2.14. The summed E-state index contributed by atoms with van der Waals surface area (Å²) in [6.07, 6.45) is 0.710. The number of nitroso groups, excluding NO2 is 1. The summed E-state index contributed by atoms with van der Waals surface area (Å²) in [5, 5.41) is 11.7. The monoisotopic (exact) mass is 315 g/mol. The molecular formula is C17H17NO5. The van der Waals surface area contributed by atoms with Gasteiger partial charge in [-0.15, -0.1) is 0 Å². The SMILES string of the molecule is CC(N=O)c1ccc(C=O)cc1Oc1ccc(OCCO)cc1. The molecule has 0 aliphatic rings. The summed E-state index contributed by atoms with van der Waals surface area (Å²) in [5.41, 5.74) is 1.05. The molecule has 0 fully saturated rings. The van der Waals surface area contributed by atoms with Gasteiger partial charge in [-0.05, 0) is 37.3 Å². The first kappa shape index (κ1) is 16.6.